The summed E-state index contributed by atoms with van der Waals surface area (Å²) in [5.74, 6) is -1.11. The molecule has 1 aromatic heterocycles. The Kier molecular flexibility index (Phi) is 3.62. The fraction of sp³-hybridized carbons (Fsp3) is 0.0588. The van der Waals surface area contributed by atoms with Crippen LogP contribution in [-0.2, 0) is 11.3 Å². The highest BCUT2D eigenvalue weighted by atomic mass is 16.5. The zero-order valence-electron chi connectivity index (χ0n) is 11.5. The predicted molar refractivity (Wildman–Crippen MR) is 79.7 cm³/mol. The number of esters is 1. The molecule has 0 atom stereocenters. The van der Waals surface area contributed by atoms with Gasteiger partial charge in [0.1, 0.15) is 23.3 Å². The largest absolute Gasteiger partial charge is 0.507 e. The molecule has 0 saturated heterocycles. The van der Waals surface area contributed by atoms with Crippen molar-refractivity contribution in [2.24, 2.45) is 0 Å². The quantitative estimate of drug-likeness (QED) is 0.752. The molecular formula is C17H12O5. The Morgan fingerprint density at radius 2 is 1.86 bits per heavy atom. The summed E-state index contributed by atoms with van der Waals surface area (Å²) in [6.45, 7) is 0.0848. The van der Waals surface area contributed by atoms with Crippen LogP contribution in [0.2, 0.25) is 0 Å². The standard InChI is InChI=1S/C17H12O5/c18-12-7-4-8-14-16(12)13(19)9-15(22-14)17(20)21-10-11-5-2-1-3-6-11/h1-9,18H,10H2. The van der Waals surface area contributed by atoms with E-state index in [0.29, 0.717) is 0 Å². The number of phenols is 1. The van der Waals surface area contributed by atoms with E-state index in [9.17, 15) is 14.7 Å². The Balaban J connectivity index is 1.87. The minimum Gasteiger partial charge on any atom is -0.507 e. The van der Waals surface area contributed by atoms with E-state index in [1.165, 1.54) is 18.2 Å². The van der Waals surface area contributed by atoms with Gasteiger partial charge in [0.15, 0.2) is 5.43 Å². The van der Waals surface area contributed by atoms with Gasteiger partial charge in [-0.25, -0.2) is 4.79 Å². The second-order valence-corrected chi connectivity index (χ2v) is 4.69. The van der Waals surface area contributed by atoms with E-state index >= 15 is 0 Å². The lowest BCUT2D eigenvalue weighted by atomic mass is 10.2. The van der Waals surface area contributed by atoms with Crippen LogP contribution in [0, 0.1) is 0 Å². The fourth-order valence-corrected chi connectivity index (χ4v) is 2.09. The van der Waals surface area contributed by atoms with E-state index in [1.807, 2.05) is 30.3 Å². The molecule has 0 aliphatic heterocycles. The summed E-state index contributed by atoms with van der Waals surface area (Å²) in [7, 11) is 0. The average molecular weight is 296 g/mol. The van der Waals surface area contributed by atoms with E-state index < -0.39 is 11.4 Å². The highest BCUT2D eigenvalue weighted by molar-refractivity contribution is 5.90. The van der Waals surface area contributed by atoms with E-state index in [2.05, 4.69) is 0 Å². The number of benzene rings is 2. The molecule has 0 spiro atoms. The van der Waals surface area contributed by atoms with Crippen LogP contribution in [0.5, 0.6) is 5.75 Å². The van der Waals surface area contributed by atoms with Gasteiger partial charge in [-0.15, -0.1) is 0 Å². The average Bonchev–Trinajstić information content (AvgIpc) is 2.53. The molecule has 0 aliphatic carbocycles. The van der Waals surface area contributed by atoms with Gasteiger partial charge in [0.2, 0.25) is 5.76 Å². The number of carbonyl (C=O) groups excluding carboxylic acids is 1. The molecule has 0 unspecified atom stereocenters. The monoisotopic (exact) mass is 296 g/mol. The maximum absolute atomic E-state index is 12.0. The van der Waals surface area contributed by atoms with Gasteiger partial charge in [0.25, 0.3) is 0 Å². The summed E-state index contributed by atoms with van der Waals surface area (Å²) < 4.78 is 10.5. The fourth-order valence-electron chi connectivity index (χ4n) is 2.09. The molecular weight excluding hydrogens is 284 g/mol. The molecule has 0 radical (unpaired) electrons. The maximum atomic E-state index is 12.0. The van der Waals surface area contributed by atoms with Crippen molar-refractivity contribution >= 4 is 16.9 Å². The third-order valence-electron chi connectivity index (χ3n) is 3.15. The Morgan fingerprint density at radius 1 is 1.09 bits per heavy atom. The van der Waals surface area contributed by atoms with E-state index in [1.54, 1.807) is 0 Å². The molecule has 0 fully saturated rings. The predicted octanol–water partition coefficient (Wildman–Crippen LogP) is 2.86. The van der Waals surface area contributed by atoms with Crippen LogP contribution >= 0.6 is 0 Å². The zero-order valence-corrected chi connectivity index (χ0v) is 11.5. The summed E-state index contributed by atoms with van der Waals surface area (Å²) in [6.07, 6.45) is 0. The first-order chi connectivity index (χ1) is 10.6. The number of carbonyl (C=O) groups is 1. The summed E-state index contributed by atoms with van der Waals surface area (Å²) >= 11 is 0. The maximum Gasteiger partial charge on any atom is 0.374 e. The normalized spacial score (nSPS) is 10.5. The van der Waals surface area contributed by atoms with Crippen LogP contribution < -0.4 is 5.43 Å². The topological polar surface area (TPSA) is 76.7 Å². The second-order valence-electron chi connectivity index (χ2n) is 4.69. The van der Waals surface area contributed by atoms with Gasteiger partial charge in [-0.1, -0.05) is 36.4 Å². The van der Waals surface area contributed by atoms with Gasteiger partial charge >= 0.3 is 5.97 Å². The Hall–Kier alpha value is -3.08. The lowest BCUT2D eigenvalue weighted by Crippen LogP contribution is -2.10. The number of aromatic hydroxyl groups is 1. The molecule has 1 N–H and O–H groups in total. The van der Waals surface area contributed by atoms with Gasteiger partial charge in [0.05, 0.1) is 0 Å². The van der Waals surface area contributed by atoms with Crippen molar-refractivity contribution in [1.29, 1.82) is 0 Å². The molecule has 2 aromatic carbocycles. The van der Waals surface area contributed by atoms with Crippen molar-refractivity contribution in [1.82, 2.24) is 0 Å². The van der Waals surface area contributed by atoms with Crippen LogP contribution in [0.25, 0.3) is 11.0 Å². The molecule has 5 heteroatoms. The molecule has 0 saturated carbocycles. The SMILES string of the molecule is O=C(OCc1ccccc1)c1cc(=O)c2c(O)cccc2o1. The van der Waals surface area contributed by atoms with Gasteiger partial charge in [-0.2, -0.15) is 0 Å². The first-order valence-corrected chi connectivity index (χ1v) is 6.62. The molecule has 1 heterocycles. The van der Waals surface area contributed by atoms with Crippen LogP contribution in [-0.4, -0.2) is 11.1 Å². The number of phenolic OH excluding ortho intramolecular Hbond substituents is 1. The van der Waals surface area contributed by atoms with E-state index in [0.717, 1.165) is 11.6 Å². The Morgan fingerprint density at radius 3 is 2.64 bits per heavy atom. The smallest absolute Gasteiger partial charge is 0.374 e. The van der Waals surface area contributed by atoms with Crippen molar-refractivity contribution in [2.75, 3.05) is 0 Å². The van der Waals surface area contributed by atoms with Crippen LogP contribution in [0.3, 0.4) is 0 Å². The number of ether oxygens (including phenoxy) is 1. The number of fused-ring (bicyclic) bond motifs is 1. The zero-order chi connectivity index (χ0) is 15.5. The van der Waals surface area contributed by atoms with Crippen molar-refractivity contribution in [2.45, 2.75) is 6.61 Å². The molecule has 5 nitrogen and oxygen atoms in total. The van der Waals surface area contributed by atoms with Gasteiger partial charge < -0.3 is 14.3 Å². The summed E-state index contributed by atoms with van der Waals surface area (Å²) in [6, 6.07) is 14.6. The molecule has 3 rings (SSSR count). The first kappa shape index (κ1) is 13.9. The molecule has 0 amide bonds. The van der Waals surface area contributed by atoms with Crippen LogP contribution in [0.15, 0.2) is 63.8 Å². The lowest BCUT2D eigenvalue weighted by molar-refractivity contribution is 0.0436. The third-order valence-corrected chi connectivity index (χ3v) is 3.15. The van der Waals surface area contributed by atoms with Crippen LogP contribution in [0.4, 0.5) is 0 Å². The lowest BCUT2D eigenvalue weighted by Gasteiger charge is -2.05. The van der Waals surface area contributed by atoms with E-state index in [-0.39, 0.29) is 29.1 Å². The molecule has 0 aliphatic rings. The number of hydrogen-bond acceptors (Lipinski definition) is 5. The van der Waals surface area contributed by atoms with Crippen molar-refractivity contribution in [3.8, 4) is 5.75 Å². The minimum absolute atomic E-state index is 0.0436. The van der Waals surface area contributed by atoms with Gasteiger partial charge in [-0.3, -0.25) is 4.79 Å². The van der Waals surface area contributed by atoms with Crippen molar-refractivity contribution < 1.29 is 19.1 Å². The van der Waals surface area contributed by atoms with Gasteiger partial charge in [0, 0.05) is 6.07 Å². The molecule has 22 heavy (non-hydrogen) atoms. The number of rotatable bonds is 3. The Bertz CT molecular complexity index is 880. The summed E-state index contributed by atoms with van der Waals surface area (Å²) in [5.41, 5.74) is 0.474. The molecule has 3 aromatic rings. The minimum atomic E-state index is -0.730. The van der Waals surface area contributed by atoms with Gasteiger partial charge in [-0.05, 0) is 17.7 Å². The summed E-state index contributed by atoms with van der Waals surface area (Å²) in [5, 5.41) is 9.70. The summed E-state index contributed by atoms with van der Waals surface area (Å²) in [4.78, 5) is 24.0. The second kappa shape index (κ2) is 5.73. The third kappa shape index (κ3) is 2.69. The van der Waals surface area contributed by atoms with Crippen molar-refractivity contribution in [3.05, 3.63) is 76.1 Å². The van der Waals surface area contributed by atoms with Crippen molar-refractivity contribution in [3.63, 3.8) is 0 Å². The van der Waals surface area contributed by atoms with E-state index in [4.69, 9.17) is 9.15 Å². The molecule has 110 valence electrons. The van der Waals surface area contributed by atoms with Crippen LogP contribution in [0.1, 0.15) is 16.1 Å². The highest BCUT2D eigenvalue weighted by Crippen LogP contribution is 2.22. The first-order valence-electron chi connectivity index (χ1n) is 6.62. The highest BCUT2D eigenvalue weighted by Gasteiger charge is 2.15. The Labute approximate surface area is 125 Å². The molecule has 0 bridgehead atoms. The number of hydrogen-bond donors (Lipinski definition) is 1.